The summed E-state index contributed by atoms with van der Waals surface area (Å²) in [4.78, 5) is 9.82. The lowest BCUT2D eigenvalue weighted by atomic mass is 10.2. The number of benzene rings is 1. The standard InChI is InChI=1S/C10H9Cl2NO5S/c1-7-5-9(18-4-2-3-11)8(13(14)15)6-10(7)19(12,16)17/h2-3,5-6H,4H2,1H3/b3-2+. The van der Waals surface area contributed by atoms with E-state index in [-0.39, 0.29) is 22.8 Å². The van der Waals surface area contributed by atoms with Crippen LogP contribution in [0.25, 0.3) is 0 Å². The number of halogens is 2. The number of nitro groups is 1. The molecule has 0 spiro atoms. The molecule has 1 rings (SSSR count). The molecule has 0 bridgehead atoms. The van der Waals surface area contributed by atoms with Gasteiger partial charge in [0, 0.05) is 22.3 Å². The van der Waals surface area contributed by atoms with E-state index < -0.39 is 19.7 Å². The van der Waals surface area contributed by atoms with Crippen LogP contribution >= 0.6 is 22.3 Å². The highest BCUT2D eigenvalue weighted by atomic mass is 35.7. The largest absolute Gasteiger partial charge is 0.483 e. The van der Waals surface area contributed by atoms with E-state index in [0.29, 0.717) is 0 Å². The van der Waals surface area contributed by atoms with Crippen LogP contribution in [-0.2, 0) is 9.05 Å². The third kappa shape index (κ3) is 4.09. The van der Waals surface area contributed by atoms with Crippen LogP contribution in [0.15, 0.2) is 28.6 Å². The normalized spacial score (nSPS) is 11.7. The molecule has 0 aliphatic rings. The maximum atomic E-state index is 11.3. The van der Waals surface area contributed by atoms with Crippen LogP contribution in [0.3, 0.4) is 0 Å². The Balaban J connectivity index is 3.33. The summed E-state index contributed by atoms with van der Waals surface area (Å²) < 4.78 is 27.7. The molecule has 1 aromatic rings. The van der Waals surface area contributed by atoms with Gasteiger partial charge in [0.1, 0.15) is 6.61 Å². The van der Waals surface area contributed by atoms with Crippen LogP contribution < -0.4 is 4.74 Å². The number of hydrogen-bond donors (Lipinski definition) is 0. The molecule has 0 aliphatic heterocycles. The molecule has 0 saturated heterocycles. The molecule has 0 amide bonds. The smallest absolute Gasteiger partial charge is 0.312 e. The van der Waals surface area contributed by atoms with E-state index in [2.05, 4.69) is 0 Å². The molecule has 1 aromatic carbocycles. The van der Waals surface area contributed by atoms with Crippen LogP contribution in [0.1, 0.15) is 5.56 Å². The van der Waals surface area contributed by atoms with Crippen LogP contribution in [-0.4, -0.2) is 19.9 Å². The molecule has 9 heteroatoms. The summed E-state index contributed by atoms with van der Waals surface area (Å²) in [7, 11) is 1.15. The lowest BCUT2D eigenvalue weighted by molar-refractivity contribution is -0.386. The fraction of sp³-hybridized carbons (Fsp3) is 0.200. The van der Waals surface area contributed by atoms with E-state index in [4.69, 9.17) is 27.0 Å². The SMILES string of the molecule is Cc1cc(OC/C=C/Cl)c([N+](=O)[O-])cc1S(=O)(=O)Cl. The molecule has 0 atom stereocenters. The Labute approximate surface area is 119 Å². The van der Waals surface area contributed by atoms with Gasteiger partial charge in [0.05, 0.1) is 9.82 Å². The molecule has 0 saturated carbocycles. The lowest BCUT2D eigenvalue weighted by Crippen LogP contribution is -2.02. The highest BCUT2D eigenvalue weighted by Gasteiger charge is 2.23. The van der Waals surface area contributed by atoms with Crippen LogP contribution in [0, 0.1) is 17.0 Å². The Bertz CT molecular complexity index is 627. The van der Waals surface area contributed by atoms with Crippen LogP contribution in [0.4, 0.5) is 5.69 Å². The molecule has 6 nitrogen and oxygen atoms in total. The number of ether oxygens (including phenoxy) is 1. The van der Waals surface area contributed by atoms with Crippen molar-refractivity contribution in [3.05, 3.63) is 39.4 Å². The highest BCUT2D eigenvalue weighted by Crippen LogP contribution is 2.33. The third-order valence-electron chi connectivity index (χ3n) is 2.14. The summed E-state index contributed by atoms with van der Waals surface area (Å²) in [5, 5.41) is 10.9. The van der Waals surface area contributed by atoms with Crippen molar-refractivity contribution in [2.75, 3.05) is 6.61 Å². The van der Waals surface area contributed by atoms with E-state index in [1.807, 2.05) is 0 Å². The average molecular weight is 326 g/mol. The zero-order chi connectivity index (χ0) is 14.6. The van der Waals surface area contributed by atoms with Crippen molar-refractivity contribution < 1.29 is 18.1 Å². The molecule has 0 unspecified atom stereocenters. The minimum atomic E-state index is -4.05. The first kappa shape index (κ1) is 15.7. The molecule has 0 N–H and O–H groups in total. The summed E-state index contributed by atoms with van der Waals surface area (Å²) in [6.45, 7) is 1.49. The quantitative estimate of drug-likeness (QED) is 0.472. The zero-order valence-corrected chi connectivity index (χ0v) is 12.0. The van der Waals surface area contributed by atoms with Gasteiger partial charge in [0.25, 0.3) is 9.05 Å². The number of rotatable bonds is 5. The van der Waals surface area contributed by atoms with Crippen molar-refractivity contribution in [1.29, 1.82) is 0 Å². The number of nitrogens with zero attached hydrogens (tertiary/aromatic N) is 1. The average Bonchev–Trinajstić information content (AvgIpc) is 2.27. The second-order valence-corrected chi connectivity index (χ2v) is 6.24. The summed E-state index contributed by atoms with van der Waals surface area (Å²) in [6.07, 6.45) is 1.44. The van der Waals surface area contributed by atoms with Gasteiger partial charge in [-0.25, -0.2) is 8.42 Å². The van der Waals surface area contributed by atoms with E-state index in [1.165, 1.54) is 24.6 Å². The molecule has 19 heavy (non-hydrogen) atoms. The fourth-order valence-corrected chi connectivity index (χ4v) is 2.61. The molecule has 0 radical (unpaired) electrons. The Morgan fingerprint density at radius 1 is 1.47 bits per heavy atom. The van der Waals surface area contributed by atoms with Gasteiger partial charge in [0.2, 0.25) is 0 Å². The van der Waals surface area contributed by atoms with Gasteiger partial charge in [-0.05, 0) is 24.6 Å². The monoisotopic (exact) mass is 325 g/mol. The number of nitro benzene ring substituents is 1. The minimum Gasteiger partial charge on any atom is -0.483 e. The molecule has 104 valence electrons. The van der Waals surface area contributed by atoms with Crippen molar-refractivity contribution in [3.8, 4) is 5.75 Å². The van der Waals surface area contributed by atoms with Crippen LogP contribution in [0.5, 0.6) is 5.75 Å². The first-order valence-corrected chi connectivity index (χ1v) is 7.63. The molecular formula is C10H9Cl2NO5S. The van der Waals surface area contributed by atoms with Gasteiger partial charge >= 0.3 is 5.69 Å². The fourth-order valence-electron chi connectivity index (χ4n) is 1.35. The van der Waals surface area contributed by atoms with Crippen LogP contribution in [0.2, 0.25) is 0 Å². The zero-order valence-electron chi connectivity index (χ0n) is 9.67. The van der Waals surface area contributed by atoms with Gasteiger partial charge in [0.15, 0.2) is 5.75 Å². The molecule has 0 fully saturated rings. The second kappa shape index (κ2) is 6.23. The molecule has 0 aromatic heterocycles. The minimum absolute atomic E-state index is 0.0246. The highest BCUT2D eigenvalue weighted by molar-refractivity contribution is 8.13. The summed E-state index contributed by atoms with van der Waals surface area (Å²) in [5.74, 6) is -0.0543. The van der Waals surface area contributed by atoms with Crippen molar-refractivity contribution in [2.45, 2.75) is 11.8 Å². The Kier molecular flexibility index (Phi) is 5.16. The van der Waals surface area contributed by atoms with E-state index in [9.17, 15) is 18.5 Å². The first-order valence-electron chi connectivity index (χ1n) is 4.89. The Morgan fingerprint density at radius 2 is 2.11 bits per heavy atom. The van der Waals surface area contributed by atoms with Crippen molar-refractivity contribution in [1.82, 2.24) is 0 Å². The van der Waals surface area contributed by atoms with Crippen molar-refractivity contribution >= 4 is 37.0 Å². The topological polar surface area (TPSA) is 86.5 Å². The van der Waals surface area contributed by atoms with Gasteiger partial charge in [-0.15, -0.1) is 0 Å². The van der Waals surface area contributed by atoms with Gasteiger partial charge < -0.3 is 4.74 Å². The van der Waals surface area contributed by atoms with Crippen molar-refractivity contribution in [3.63, 3.8) is 0 Å². The maximum absolute atomic E-state index is 11.3. The predicted octanol–water partition coefficient (Wildman–Crippen LogP) is 2.96. The summed E-state index contributed by atoms with van der Waals surface area (Å²) in [5.41, 5.74) is 0.981. The number of aryl methyl sites for hydroxylation is 1. The Hall–Kier alpha value is -1.31. The molecule has 0 aliphatic carbocycles. The summed E-state index contributed by atoms with van der Waals surface area (Å²) in [6, 6.07) is 2.12. The Morgan fingerprint density at radius 3 is 2.58 bits per heavy atom. The van der Waals surface area contributed by atoms with E-state index in [0.717, 1.165) is 6.07 Å². The molecular weight excluding hydrogens is 317 g/mol. The van der Waals surface area contributed by atoms with Gasteiger partial charge in [-0.3, -0.25) is 10.1 Å². The van der Waals surface area contributed by atoms with Gasteiger partial charge in [-0.1, -0.05) is 11.6 Å². The van der Waals surface area contributed by atoms with Crippen molar-refractivity contribution in [2.24, 2.45) is 0 Å². The third-order valence-corrected chi connectivity index (χ3v) is 3.78. The predicted molar refractivity (Wildman–Crippen MR) is 71.4 cm³/mol. The summed E-state index contributed by atoms with van der Waals surface area (Å²) >= 11 is 5.30. The van der Waals surface area contributed by atoms with E-state index in [1.54, 1.807) is 0 Å². The maximum Gasteiger partial charge on any atom is 0.312 e. The second-order valence-electron chi connectivity index (χ2n) is 3.45. The number of hydrogen-bond acceptors (Lipinski definition) is 5. The van der Waals surface area contributed by atoms with Gasteiger partial charge in [-0.2, -0.15) is 0 Å². The lowest BCUT2D eigenvalue weighted by Gasteiger charge is -2.08. The van der Waals surface area contributed by atoms with E-state index >= 15 is 0 Å². The first-order chi connectivity index (χ1) is 8.77. The molecule has 0 heterocycles.